The first-order chi connectivity index (χ1) is 11.6. The van der Waals surface area contributed by atoms with Crippen LogP contribution in [0.4, 0.5) is 18.9 Å². The van der Waals surface area contributed by atoms with Crippen molar-refractivity contribution in [3.8, 4) is 0 Å². The van der Waals surface area contributed by atoms with E-state index in [1.807, 2.05) is 0 Å². The highest BCUT2D eigenvalue weighted by atomic mass is 35.5. The number of carbonyl (C=O) groups is 2. The molecule has 1 aromatic carbocycles. The van der Waals surface area contributed by atoms with Crippen LogP contribution in [0.5, 0.6) is 0 Å². The number of alkyl halides is 3. The Balaban J connectivity index is 2.16. The summed E-state index contributed by atoms with van der Waals surface area (Å²) in [4.78, 5) is 27.0. The standard InChI is InChI=1S/C15H12ClF3N2O3S/c1-7(14-20-9(6-25-14)5-12(22)23)13(24)21-11-4-8(15(17,18)19)2-3-10(11)16/h2-4,6-7H,5H2,1H3,(H,21,24)(H,22,23). The Labute approximate surface area is 149 Å². The number of aromatic nitrogens is 1. The lowest BCUT2D eigenvalue weighted by molar-refractivity contribution is -0.138. The molecule has 0 spiro atoms. The Hall–Kier alpha value is -2.13. The second-order valence-electron chi connectivity index (χ2n) is 5.15. The zero-order valence-corrected chi connectivity index (χ0v) is 14.3. The van der Waals surface area contributed by atoms with Crippen molar-refractivity contribution in [2.75, 3.05) is 5.32 Å². The van der Waals surface area contributed by atoms with E-state index in [0.29, 0.717) is 10.7 Å². The molecular formula is C15H12ClF3N2O3S. The number of hydrogen-bond acceptors (Lipinski definition) is 4. The monoisotopic (exact) mass is 392 g/mol. The Bertz CT molecular complexity index is 808. The van der Waals surface area contributed by atoms with Gasteiger partial charge < -0.3 is 10.4 Å². The van der Waals surface area contributed by atoms with Gasteiger partial charge in [0, 0.05) is 5.38 Å². The third-order valence-corrected chi connectivity index (χ3v) is 4.62. The maximum Gasteiger partial charge on any atom is 0.416 e. The highest BCUT2D eigenvalue weighted by molar-refractivity contribution is 7.09. The Morgan fingerprint density at radius 1 is 1.40 bits per heavy atom. The average Bonchev–Trinajstić information content (AvgIpc) is 2.95. The van der Waals surface area contributed by atoms with E-state index in [4.69, 9.17) is 16.7 Å². The fraction of sp³-hybridized carbons (Fsp3) is 0.267. The van der Waals surface area contributed by atoms with E-state index in [9.17, 15) is 22.8 Å². The van der Waals surface area contributed by atoms with Gasteiger partial charge in [-0.05, 0) is 25.1 Å². The predicted octanol–water partition coefficient (Wildman–Crippen LogP) is 4.18. The SMILES string of the molecule is CC(C(=O)Nc1cc(C(F)(F)F)ccc1Cl)c1nc(CC(=O)O)cs1. The summed E-state index contributed by atoms with van der Waals surface area (Å²) in [6, 6.07) is 2.63. The molecule has 1 atom stereocenters. The maximum absolute atomic E-state index is 12.8. The van der Waals surface area contributed by atoms with Crippen LogP contribution in [0.1, 0.15) is 29.1 Å². The zero-order chi connectivity index (χ0) is 18.8. The second kappa shape index (κ2) is 7.40. The molecule has 0 radical (unpaired) electrons. The van der Waals surface area contributed by atoms with Crippen LogP contribution in [0.2, 0.25) is 5.02 Å². The van der Waals surface area contributed by atoms with Crippen molar-refractivity contribution >= 4 is 40.5 Å². The zero-order valence-electron chi connectivity index (χ0n) is 12.7. The number of thiazole rings is 1. The van der Waals surface area contributed by atoms with Crippen LogP contribution >= 0.6 is 22.9 Å². The van der Waals surface area contributed by atoms with Crippen molar-refractivity contribution in [1.82, 2.24) is 4.98 Å². The Kier molecular flexibility index (Phi) is 5.69. The van der Waals surface area contributed by atoms with Gasteiger partial charge in [0.25, 0.3) is 0 Å². The van der Waals surface area contributed by atoms with Gasteiger partial charge in [0.05, 0.1) is 34.3 Å². The molecule has 0 saturated carbocycles. The number of hydrogen-bond donors (Lipinski definition) is 2. The van der Waals surface area contributed by atoms with Gasteiger partial charge in [0.15, 0.2) is 0 Å². The van der Waals surface area contributed by atoms with Gasteiger partial charge in [-0.15, -0.1) is 11.3 Å². The minimum atomic E-state index is -4.56. The van der Waals surface area contributed by atoms with Crippen LogP contribution < -0.4 is 5.32 Å². The predicted molar refractivity (Wildman–Crippen MR) is 87.0 cm³/mol. The van der Waals surface area contributed by atoms with Crippen molar-refractivity contribution in [3.05, 3.63) is 44.9 Å². The van der Waals surface area contributed by atoms with E-state index < -0.39 is 29.5 Å². The lowest BCUT2D eigenvalue weighted by Crippen LogP contribution is -2.19. The van der Waals surface area contributed by atoms with Crippen LogP contribution in [0.15, 0.2) is 23.6 Å². The third kappa shape index (κ3) is 4.93. The second-order valence-corrected chi connectivity index (χ2v) is 6.45. The van der Waals surface area contributed by atoms with E-state index in [1.165, 1.54) is 12.3 Å². The molecule has 2 aromatic rings. The molecule has 1 aromatic heterocycles. The van der Waals surface area contributed by atoms with Crippen LogP contribution in [0, 0.1) is 0 Å². The van der Waals surface area contributed by atoms with Gasteiger partial charge >= 0.3 is 12.1 Å². The number of benzene rings is 1. The number of anilines is 1. The summed E-state index contributed by atoms with van der Waals surface area (Å²) in [6.45, 7) is 1.51. The molecule has 5 nitrogen and oxygen atoms in total. The van der Waals surface area contributed by atoms with Gasteiger partial charge in [0.2, 0.25) is 5.91 Å². The summed E-state index contributed by atoms with van der Waals surface area (Å²) in [6.07, 6.45) is -4.83. The van der Waals surface area contributed by atoms with E-state index in [-0.39, 0.29) is 17.1 Å². The first-order valence-corrected chi connectivity index (χ1v) is 8.17. The first-order valence-electron chi connectivity index (χ1n) is 6.91. The van der Waals surface area contributed by atoms with Gasteiger partial charge in [-0.3, -0.25) is 9.59 Å². The van der Waals surface area contributed by atoms with Gasteiger partial charge in [-0.2, -0.15) is 13.2 Å². The minimum absolute atomic E-state index is 0.0285. The van der Waals surface area contributed by atoms with Crippen LogP contribution in [-0.2, 0) is 22.2 Å². The Morgan fingerprint density at radius 3 is 2.68 bits per heavy atom. The number of nitrogens with one attached hydrogen (secondary N) is 1. The lowest BCUT2D eigenvalue weighted by atomic mass is 10.1. The summed E-state index contributed by atoms with van der Waals surface area (Å²) in [5.41, 5.74) is -0.780. The number of carboxylic acids is 1. The van der Waals surface area contributed by atoms with E-state index in [1.54, 1.807) is 0 Å². The summed E-state index contributed by atoms with van der Waals surface area (Å²) in [5, 5.41) is 12.9. The number of rotatable bonds is 5. The maximum atomic E-state index is 12.8. The molecule has 1 heterocycles. The quantitative estimate of drug-likeness (QED) is 0.799. The third-order valence-electron chi connectivity index (χ3n) is 3.22. The largest absolute Gasteiger partial charge is 0.481 e. The van der Waals surface area contributed by atoms with Crippen LogP contribution in [-0.4, -0.2) is 22.0 Å². The van der Waals surface area contributed by atoms with E-state index in [0.717, 1.165) is 29.5 Å². The number of carboxylic acid groups (broad SMARTS) is 1. The average molecular weight is 393 g/mol. The van der Waals surface area contributed by atoms with Crippen LogP contribution in [0.3, 0.4) is 0 Å². The Morgan fingerprint density at radius 2 is 2.08 bits per heavy atom. The smallest absolute Gasteiger partial charge is 0.416 e. The molecule has 0 saturated heterocycles. The molecule has 1 amide bonds. The summed E-state index contributed by atoms with van der Waals surface area (Å²) < 4.78 is 38.3. The van der Waals surface area contributed by atoms with Gasteiger partial charge in [-0.1, -0.05) is 11.6 Å². The number of halogens is 4. The van der Waals surface area contributed by atoms with E-state index >= 15 is 0 Å². The molecule has 0 fully saturated rings. The van der Waals surface area contributed by atoms with Gasteiger partial charge in [-0.25, -0.2) is 4.98 Å². The van der Waals surface area contributed by atoms with E-state index in [2.05, 4.69) is 10.3 Å². The number of carbonyl (C=O) groups excluding carboxylic acids is 1. The molecule has 25 heavy (non-hydrogen) atoms. The molecular weight excluding hydrogens is 381 g/mol. The fourth-order valence-corrected chi connectivity index (χ4v) is 2.95. The summed E-state index contributed by atoms with van der Waals surface area (Å²) >= 11 is 6.94. The van der Waals surface area contributed by atoms with Crippen molar-refractivity contribution in [2.45, 2.75) is 25.4 Å². The molecule has 2 rings (SSSR count). The van der Waals surface area contributed by atoms with Crippen LogP contribution in [0.25, 0.3) is 0 Å². The van der Waals surface area contributed by atoms with Gasteiger partial charge in [0.1, 0.15) is 5.01 Å². The highest BCUT2D eigenvalue weighted by Crippen LogP contribution is 2.34. The van der Waals surface area contributed by atoms with Crippen molar-refractivity contribution in [3.63, 3.8) is 0 Å². The van der Waals surface area contributed by atoms with Crippen molar-refractivity contribution < 1.29 is 27.9 Å². The molecule has 0 aliphatic rings. The summed E-state index contributed by atoms with van der Waals surface area (Å²) in [7, 11) is 0. The normalized spacial score (nSPS) is 12.7. The highest BCUT2D eigenvalue weighted by Gasteiger charge is 2.31. The lowest BCUT2D eigenvalue weighted by Gasteiger charge is -2.13. The van der Waals surface area contributed by atoms with Crippen molar-refractivity contribution in [1.29, 1.82) is 0 Å². The molecule has 2 N–H and O–H groups in total. The minimum Gasteiger partial charge on any atom is -0.481 e. The first kappa shape index (κ1) is 19.2. The number of amides is 1. The molecule has 1 unspecified atom stereocenters. The fourth-order valence-electron chi connectivity index (χ4n) is 1.91. The topological polar surface area (TPSA) is 79.3 Å². The molecule has 0 aliphatic carbocycles. The number of nitrogens with zero attached hydrogens (tertiary/aromatic N) is 1. The molecule has 0 aliphatic heterocycles. The molecule has 134 valence electrons. The molecule has 10 heteroatoms. The summed E-state index contributed by atoms with van der Waals surface area (Å²) in [5.74, 6) is -2.43. The number of aliphatic carboxylic acids is 1. The van der Waals surface area contributed by atoms with Crippen molar-refractivity contribution in [2.24, 2.45) is 0 Å². The molecule has 0 bridgehead atoms.